The Bertz CT molecular complexity index is 690. The van der Waals surface area contributed by atoms with E-state index in [-0.39, 0.29) is 5.75 Å². The molecule has 0 saturated heterocycles. The minimum Gasteiger partial charge on any atom is -0.507 e. The number of rotatable bonds is 8. The van der Waals surface area contributed by atoms with E-state index in [0.717, 1.165) is 30.2 Å². The van der Waals surface area contributed by atoms with Crippen molar-refractivity contribution in [3.05, 3.63) is 59.7 Å². The van der Waals surface area contributed by atoms with Crippen LogP contribution >= 0.6 is 11.8 Å². The summed E-state index contributed by atoms with van der Waals surface area (Å²) in [5.41, 5.74) is 2.17. The molecule has 0 heterocycles. The molecular formula is C21H29NO4S. The fraction of sp³-hybridized carbons (Fsp3) is 0.381. The minimum atomic E-state index is -0.833. The topological polar surface area (TPSA) is 89.8 Å². The zero-order valence-electron chi connectivity index (χ0n) is 16.1. The molecule has 4 N–H and O–H groups in total. The van der Waals surface area contributed by atoms with E-state index >= 15 is 0 Å². The van der Waals surface area contributed by atoms with Crippen LogP contribution in [0, 0.1) is 0 Å². The van der Waals surface area contributed by atoms with E-state index in [9.17, 15) is 10.2 Å². The molecule has 0 spiro atoms. The van der Waals surface area contributed by atoms with Crippen LogP contribution in [0.2, 0.25) is 0 Å². The number of carboxylic acid groups (broad SMARTS) is 1. The summed E-state index contributed by atoms with van der Waals surface area (Å²) >= 11 is 1.48. The maximum atomic E-state index is 10.3. The maximum absolute atomic E-state index is 10.3. The predicted octanol–water partition coefficient (Wildman–Crippen LogP) is 3.85. The van der Waals surface area contributed by atoms with Crippen LogP contribution in [0.25, 0.3) is 0 Å². The van der Waals surface area contributed by atoms with Gasteiger partial charge in [0.15, 0.2) is 0 Å². The van der Waals surface area contributed by atoms with Gasteiger partial charge in [0.2, 0.25) is 0 Å². The highest BCUT2D eigenvalue weighted by atomic mass is 32.2. The Morgan fingerprint density at radius 1 is 1.19 bits per heavy atom. The number of hydrogen-bond acceptors (Lipinski definition) is 5. The van der Waals surface area contributed by atoms with Crippen molar-refractivity contribution in [2.75, 3.05) is 12.8 Å². The van der Waals surface area contributed by atoms with Crippen LogP contribution < -0.4 is 5.32 Å². The Hall–Kier alpha value is -2.02. The van der Waals surface area contributed by atoms with Gasteiger partial charge in [-0.15, -0.1) is 11.8 Å². The molecule has 2 atom stereocenters. The van der Waals surface area contributed by atoms with Gasteiger partial charge >= 0.3 is 0 Å². The lowest BCUT2D eigenvalue weighted by molar-refractivity contribution is -0.134. The molecule has 0 aliphatic heterocycles. The number of nitrogens with one attached hydrogen (secondary N) is 1. The molecular weight excluding hydrogens is 362 g/mol. The van der Waals surface area contributed by atoms with Gasteiger partial charge in [-0.2, -0.15) is 0 Å². The van der Waals surface area contributed by atoms with Crippen molar-refractivity contribution in [3.63, 3.8) is 0 Å². The second-order valence-corrected chi connectivity index (χ2v) is 7.15. The van der Waals surface area contributed by atoms with Gasteiger partial charge in [0.05, 0.1) is 6.10 Å². The molecule has 2 rings (SSSR count). The number of aliphatic hydroxyl groups excluding tert-OH is 1. The normalized spacial score (nSPS) is 12.6. The lowest BCUT2D eigenvalue weighted by Crippen LogP contribution is -2.30. The van der Waals surface area contributed by atoms with Crippen molar-refractivity contribution in [1.82, 2.24) is 5.32 Å². The van der Waals surface area contributed by atoms with Crippen molar-refractivity contribution in [3.8, 4) is 5.75 Å². The van der Waals surface area contributed by atoms with Crippen molar-refractivity contribution >= 4 is 17.7 Å². The molecule has 0 radical (unpaired) electrons. The number of carboxylic acids is 1. The van der Waals surface area contributed by atoms with Crippen LogP contribution in [0.3, 0.4) is 0 Å². The number of aryl methyl sites for hydroxylation is 1. The average Bonchev–Trinajstić information content (AvgIpc) is 2.65. The number of hydrogen-bond donors (Lipinski definition) is 4. The monoisotopic (exact) mass is 391 g/mol. The third kappa shape index (κ3) is 9.47. The number of phenols is 1. The number of benzene rings is 2. The first-order valence-corrected chi connectivity index (χ1v) is 10.1. The van der Waals surface area contributed by atoms with Crippen LogP contribution in [0.15, 0.2) is 53.4 Å². The van der Waals surface area contributed by atoms with Gasteiger partial charge in [-0.25, -0.2) is 0 Å². The lowest BCUT2D eigenvalue weighted by atomic mass is 10.1. The van der Waals surface area contributed by atoms with E-state index in [1.54, 1.807) is 12.1 Å². The summed E-state index contributed by atoms with van der Waals surface area (Å²) in [4.78, 5) is 9.79. The first-order chi connectivity index (χ1) is 12.8. The summed E-state index contributed by atoms with van der Waals surface area (Å²) < 4.78 is 0. The quantitative estimate of drug-likeness (QED) is 0.511. The molecule has 0 saturated carbocycles. The number of phenolic OH excluding ortho intramolecular Hbond substituents is 1. The highest BCUT2D eigenvalue weighted by Crippen LogP contribution is 2.29. The Morgan fingerprint density at radius 2 is 1.81 bits per heavy atom. The van der Waals surface area contributed by atoms with Crippen molar-refractivity contribution in [2.45, 2.75) is 43.7 Å². The van der Waals surface area contributed by atoms with E-state index in [1.807, 2.05) is 18.4 Å². The van der Waals surface area contributed by atoms with Gasteiger partial charge in [-0.05, 0) is 49.3 Å². The molecule has 6 heteroatoms. The molecule has 5 nitrogen and oxygen atoms in total. The third-order valence-corrected chi connectivity index (χ3v) is 4.72. The van der Waals surface area contributed by atoms with Crippen LogP contribution in [0.4, 0.5) is 0 Å². The Morgan fingerprint density at radius 3 is 2.41 bits per heavy atom. The van der Waals surface area contributed by atoms with Gasteiger partial charge in [0, 0.05) is 24.4 Å². The number of thioether (sulfide) groups is 1. The fourth-order valence-corrected chi connectivity index (χ4v) is 2.99. The molecule has 2 aromatic rings. The van der Waals surface area contributed by atoms with Gasteiger partial charge in [-0.3, -0.25) is 4.79 Å². The van der Waals surface area contributed by atoms with Gasteiger partial charge in [0.1, 0.15) is 5.75 Å². The zero-order chi connectivity index (χ0) is 20.2. The first-order valence-electron chi connectivity index (χ1n) is 8.85. The average molecular weight is 392 g/mol. The van der Waals surface area contributed by atoms with Crippen molar-refractivity contribution in [2.24, 2.45) is 0 Å². The second-order valence-electron chi connectivity index (χ2n) is 6.30. The highest BCUT2D eigenvalue weighted by molar-refractivity contribution is 7.98. The SMILES string of the molecule is CC(=O)O.CSc1cc(C(O)CNC(C)CCc2ccccc2)ccc1O. The van der Waals surface area contributed by atoms with Crippen molar-refractivity contribution < 1.29 is 20.1 Å². The minimum absolute atomic E-state index is 0.262. The maximum Gasteiger partial charge on any atom is 0.300 e. The predicted molar refractivity (Wildman–Crippen MR) is 110 cm³/mol. The molecule has 0 aromatic heterocycles. The standard InChI is InChI=1S/C19H25NO2S.C2H4O2/c1-14(8-9-15-6-4-3-5-7-15)20-13-18(22)16-10-11-17(21)19(12-16)23-2;1-2(3)4/h3-7,10-12,14,18,20-22H,8-9,13H2,1-2H3;1H3,(H,3,4). The summed E-state index contributed by atoms with van der Waals surface area (Å²) in [6.07, 6.45) is 3.40. The van der Waals surface area contributed by atoms with Crippen molar-refractivity contribution in [1.29, 1.82) is 0 Å². The third-order valence-electron chi connectivity index (χ3n) is 3.96. The Labute approximate surface area is 165 Å². The molecule has 0 aliphatic carbocycles. The summed E-state index contributed by atoms with van der Waals surface area (Å²) in [5, 5.41) is 30.8. The molecule has 0 aliphatic rings. The van der Waals surface area contributed by atoms with Gasteiger partial charge in [-0.1, -0.05) is 36.4 Å². The highest BCUT2D eigenvalue weighted by Gasteiger charge is 2.11. The van der Waals surface area contributed by atoms with Gasteiger partial charge < -0.3 is 20.6 Å². The summed E-state index contributed by atoms with van der Waals surface area (Å²) in [6, 6.07) is 16.0. The largest absolute Gasteiger partial charge is 0.507 e. The molecule has 0 fully saturated rings. The number of carbonyl (C=O) groups is 1. The second kappa shape index (κ2) is 12.4. The molecule has 2 aromatic carbocycles. The van der Waals surface area contributed by atoms with Crippen LogP contribution in [-0.2, 0) is 11.2 Å². The molecule has 0 bridgehead atoms. The summed E-state index contributed by atoms with van der Waals surface area (Å²) in [6.45, 7) is 3.73. The van der Waals surface area contributed by atoms with E-state index < -0.39 is 12.1 Å². The zero-order valence-corrected chi connectivity index (χ0v) is 16.9. The fourth-order valence-electron chi connectivity index (χ4n) is 2.46. The molecule has 148 valence electrons. The summed E-state index contributed by atoms with van der Waals surface area (Å²) in [5.74, 6) is -0.572. The van der Waals surface area contributed by atoms with E-state index in [4.69, 9.17) is 9.90 Å². The van der Waals surface area contributed by atoms with E-state index in [2.05, 4.69) is 36.5 Å². The van der Waals surface area contributed by atoms with Crippen LogP contribution in [0.1, 0.15) is 37.5 Å². The van der Waals surface area contributed by atoms with E-state index in [0.29, 0.717) is 12.6 Å². The van der Waals surface area contributed by atoms with Crippen LogP contribution in [0.5, 0.6) is 5.75 Å². The van der Waals surface area contributed by atoms with Gasteiger partial charge in [0.25, 0.3) is 5.97 Å². The molecule has 0 amide bonds. The van der Waals surface area contributed by atoms with E-state index in [1.165, 1.54) is 17.3 Å². The smallest absolute Gasteiger partial charge is 0.300 e. The number of aliphatic carboxylic acids is 1. The lowest BCUT2D eigenvalue weighted by Gasteiger charge is -2.18. The Balaban J connectivity index is 0.000000828. The van der Waals surface area contributed by atoms with Crippen LogP contribution in [-0.4, -0.2) is 40.1 Å². The number of aromatic hydroxyl groups is 1. The Kier molecular flexibility index (Phi) is 10.6. The molecule has 27 heavy (non-hydrogen) atoms. The summed E-state index contributed by atoms with van der Waals surface area (Å²) in [7, 11) is 0. The number of aliphatic hydroxyl groups is 1. The molecule has 2 unspecified atom stereocenters. The first kappa shape index (κ1) is 23.0.